The summed E-state index contributed by atoms with van der Waals surface area (Å²) in [6.45, 7) is -0.422. The highest BCUT2D eigenvalue weighted by Gasteiger charge is 2.27. The van der Waals surface area contributed by atoms with Gasteiger partial charge in [-0.1, -0.05) is 51.3 Å². The van der Waals surface area contributed by atoms with Gasteiger partial charge in [0.25, 0.3) is 0 Å². The quantitative estimate of drug-likeness (QED) is 0.391. The Morgan fingerprint density at radius 1 is 1.00 bits per heavy atom. The zero-order valence-electron chi connectivity index (χ0n) is 16.9. The minimum Gasteiger partial charge on any atom is -0.495 e. The van der Waals surface area contributed by atoms with Crippen LogP contribution in [0.2, 0.25) is 10.0 Å². The molecule has 0 aromatic heterocycles. The molecular weight excluding hydrogens is 539 g/mol. The predicted molar refractivity (Wildman–Crippen MR) is 130 cm³/mol. The lowest BCUT2D eigenvalue weighted by Gasteiger charge is -2.22. The number of methoxy groups -OCH3 is 1. The summed E-state index contributed by atoms with van der Waals surface area (Å²) in [6, 6.07) is 17.7. The second-order valence-corrected chi connectivity index (χ2v) is 10.5. The molecule has 0 saturated carbocycles. The summed E-state index contributed by atoms with van der Waals surface area (Å²) in [5.41, 5.74) is 1.07. The molecule has 1 N–H and O–H groups in total. The maximum atomic E-state index is 13.3. The van der Waals surface area contributed by atoms with Gasteiger partial charge in [-0.15, -0.1) is 0 Å². The van der Waals surface area contributed by atoms with E-state index in [9.17, 15) is 13.2 Å². The van der Waals surface area contributed by atoms with Gasteiger partial charge >= 0.3 is 0 Å². The normalized spacial score (nSPS) is 11.4. The van der Waals surface area contributed by atoms with Crippen LogP contribution in [0.15, 0.2) is 76.1 Å². The van der Waals surface area contributed by atoms with Crippen LogP contribution in [0.1, 0.15) is 5.56 Å². The van der Waals surface area contributed by atoms with Gasteiger partial charge in [0, 0.05) is 21.1 Å². The Hall–Kier alpha value is -2.10. The van der Waals surface area contributed by atoms with Crippen molar-refractivity contribution in [3.8, 4) is 5.75 Å². The lowest BCUT2D eigenvalue weighted by atomic mass is 10.2. The largest absolute Gasteiger partial charge is 0.495 e. The zero-order valence-corrected chi connectivity index (χ0v) is 20.8. The third kappa shape index (κ3) is 6.24. The third-order valence-electron chi connectivity index (χ3n) is 4.48. The Labute approximate surface area is 205 Å². The van der Waals surface area contributed by atoms with Crippen molar-refractivity contribution >= 4 is 60.7 Å². The van der Waals surface area contributed by atoms with E-state index in [0.29, 0.717) is 21.5 Å². The molecule has 0 atom stereocenters. The molecule has 0 heterocycles. The lowest BCUT2D eigenvalue weighted by Crippen LogP contribution is -2.37. The Kier molecular flexibility index (Phi) is 8.19. The van der Waals surface area contributed by atoms with E-state index in [2.05, 4.69) is 21.2 Å². The number of halogens is 3. The van der Waals surface area contributed by atoms with Crippen molar-refractivity contribution in [2.45, 2.75) is 11.4 Å². The summed E-state index contributed by atoms with van der Waals surface area (Å²) >= 11 is 15.3. The van der Waals surface area contributed by atoms with Crippen LogP contribution in [-0.2, 0) is 21.4 Å². The van der Waals surface area contributed by atoms with Gasteiger partial charge in [0.1, 0.15) is 5.75 Å². The first kappa shape index (κ1) is 24.5. The van der Waals surface area contributed by atoms with Crippen molar-refractivity contribution < 1.29 is 17.9 Å². The highest BCUT2D eigenvalue weighted by Crippen LogP contribution is 2.28. The van der Waals surface area contributed by atoms with Crippen molar-refractivity contribution in [3.63, 3.8) is 0 Å². The second kappa shape index (κ2) is 10.7. The van der Waals surface area contributed by atoms with Crippen LogP contribution >= 0.6 is 39.1 Å². The Morgan fingerprint density at radius 3 is 2.25 bits per heavy atom. The monoisotopic (exact) mass is 556 g/mol. The standard InChI is InChI=1S/C22H19BrCl2N2O4S/c1-31-21-11-8-18(25)12-20(21)26-22(28)14-27(13-15-2-4-16(23)5-3-15)32(29,30)19-9-6-17(24)7-10-19/h2-12H,13-14H2,1H3,(H,26,28). The number of benzene rings is 3. The second-order valence-electron chi connectivity index (χ2n) is 6.75. The van der Waals surface area contributed by atoms with Crippen LogP contribution in [-0.4, -0.2) is 32.3 Å². The van der Waals surface area contributed by atoms with Crippen molar-refractivity contribution in [3.05, 3.63) is 86.8 Å². The topological polar surface area (TPSA) is 75.7 Å². The smallest absolute Gasteiger partial charge is 0.243 e. The van der Waals surface area contributed by atoms with Crippen LogP contribution in [0.4, 0.5) is 5.69 Å². The van der Waals surface area contributed by atoms with Crippen LogP contribution in [0.3, 0.4) is 0 Å². The molecule has 0 spiro atoms. The minimum absolute atomic E-state index is 0.00165. The summed E-state index contributed by atoms with van der Waals surface area (Å²) in [6.07, 6.45) is 0. The van der Waals surface area contributed by atoms with Gasteiger partial charge in [-0.05, 0) is 60.2 Å². The fourth-order valence-electron chi connectivity index (χ4n) is 2.90. The van der Waals surface area contributed by atoms with Crippen LogP contribution < -0.4 is 10.1 Å². The van der Waals surface area contributed by atoms with Gasteiger partial charge in [0.15, 0.2) is 0 Å². The molecule has 3 aromatic rings. The number of hydrogen-bond acceptors (Lipinski definition) is 4. The number of hydrogen-bond donors (Lipinski definition) is 1. The molecule has 3 aromatic carbocycles. The van der Waals surface area contributed by atoms with E-state index >= 15 is 0 Å². The SMILES string of the molecule is COc1ccc(Cl)cc1NC(=O)CN(Cc1ccc(Br)cc1)S(=O)(=O)c1ccc(Cl)cc1. The van der Waals surface area contributed by atoms with Crippen LogP contribution in [0, 0.1) is 0 Å². The third-order valence-corrected chi connectivity index (χ3v) is 7.30. The maximum Gasteiger partial charge on any atom is 0.243 e. The number of amides is 1. The van der Waals surface area contributed by atoms with E-state index in [1.807, 2.05) is 0 Å². The molecular formula is C22H19BrCl2N2O4S. The number of sulfonamides is 1. The fraction of sp³-hybridized carbons (Fsp3) is 0.136. The van der Waals surface area contributed by atoms with Crippen LogP contribution in [0.5, 0.6) is 5.75 Å². The molecule has 0 bridgehead atoms. The van der Waals surface area contributed by atoms with Gasteiger partial charge in [-0.25, -0.2) is 8.42 Å². The molecule has 168 valence electrons. The van der Waals surface area contributed by atoms with Gasteiger partial charge in [-0.2, -0.15) is 4.31 Å². The molecule has 3 rings (SSSR count). The van der Waals surface area contributed by atoms with E-state index in [1.54, 1.807) is 36.4 Å². The zero-order chi connectivity index (χ0) is 23.3. The fourth-order valence-corrected chi connectivity index (χ4v) is 4.85. The van der Waals surface area contributed by atoms with Crippen molar-refractivity contribution in [2.24, 2.45) is 0 Å². The molecule has 10 heteroatoms. The van der Waals surface area contributed by atoms with Crippen LogP contribution in [0.25, 0.3) is 0 Å². The van der Waals surface area contributed by atoms with E-state index in [1.165, 1.54) is 37.4 Å². The molecule has 0 aliphatic rings. The Balaban J connectivity index is 1.89. The number of rotatable bonds is 8. The van der Waals surface area contributed by atoms with E-state index in [0.717, 1.165) is 14.3 Å². The lowest BCUT2D eigenvalue weighted by molar-refractivity contribution is -0.116. The van der Waals surface area contributed by atoms with Crippen molar-refractivity contribution in [2.75, 3.05) is 19.0 Å². The van der Waals surface area contributed by atoms with Crippen molar-refractivity contribution in [1.82, 2.24) is 4.31 Å². The van der Waals surface area contributed by atoms with E-state index in [-0.39, 0.29) is 11.4 Å². The van der Waals surface area contributed by atoms with Gasteiger partial charge in [0.05, 0.1) is 24.2 Å². The summed E-state index contributed by atoms with van der Waals surface area (Å²) in [5, 5.41) is 3.49. The summed E-state index contributed by atoms with van der Waals surface area (Å²) in [5.74, 6) is -0.136. The first-order valence-electron chi connectivity index (χ1n) is 9.32. The molecule has 0 aliphatic carbocycles. The van der Waals surface area contributed by atoms with E-state index < -0.39 is 22.5 Å². The van der Waals surface area contributed by atoms with Gasteiger partial charge < -0.3 is 10.1 Å². The molecule has 0 aliphatic heterocycles. The average Bonchev–Trinajstić information content (AvgIpc) is 2.75. The number of carbonyl (C=O) groups excluding carboxylic acids is 1. The van der Waals surface area contributed by atoms with E-state index in [4.69, 9.17) is 27.9 Å². The molecule has 0 radical (unpaired) electrons. The highest BCUT2D eigenvalue weighted by molar-refractivity contribution is 9.10. The molecule has 0 fully saturated rings. The number of ether oxygens (including phenoxy) is 1. The number of carbonyl (C=O) groups is 1. The summed E-state index contributed by atoms with van der Waals surface area (Å²) in [7, 11) is -2.53. The molecule has 0 saturated heterocycles. The summed E-state index contributed by atoms with van der Waals surface area (Å²) in [4.78, 5) is 12.9. The van der Waals surface area contributed by atoms with Gasteiger partial charge in [-0.3, -0.25) is 4.79 Å². The highest BCUT2D eigenvalue weighted by atomic mass is 79.9. The van der Waals surface area contributed by atoms with Gasteiger partial charge in [0.2, 0.25) is 15.9 Å². The molecule has 1 amide bonds. The molecule has 0 unspecified atom stereocenters. The number of anilines is 1. The number of nitrogens with one attached hydrogen (secondary N) is 1. The minimum atomic E-state index is -3.99. The Bertz CT molecular complexity index is 1200. The maximum absolute atomic E-state index is 13.3. The Morgan fingerprint density at radius 2 is 1.62 bits per heavy atom. The molecule has 6 nitrogen and oxygen atoms in total. The number of nitrogens with zero attached hydrogens (tertiary/aromatic N) is 1. The predicted octanol–water partition coefficient (Wildman–Crippen LogP) is 5.59. The molecule has 32 heavy (non-hydrogen) atoms. The first-order valence-corrected chi connectivity index (χ1v) is 12.3. The summed E-state index contributed by atoms with van der Waals surface area (Å²) < 4.78 is 33.9. The first-order chi connectivity index (χ1) is 15.2. The average molecular weight is 558 g/mol. The van der Waals surface area contributed by atoms with Crippen molar-refractivity contribution in [1.29, 1.82) is 0 Å².